The molecular formula is C17H32N2O2. The minimum Gasteiger partial charge on any atom is -0.365 e. The molecule has 3 atom stereocenters. The molecule has 0 aromatic carbocycles. The molecule has 0 aromatic heterocycles. The van der Waals surface area contributed by atoms with Gasteiger partial charge in [0.25, 0.3) is 0 Å². The average molecular weight is 296 g/mol. The van der Waals surface area contributed by atoms with E-state index in [2.05, 4.69) is 24.2 Å². The predicted octanol–water partition coefficient (Wildman–Crippen LogP) is 2.57. The maximum atomic E-state index is 12.4. The molecule has 4 nitrogen and oxygen atoms in total. The third-order valence-electron chi connectivity index (χ3n) is 4.97. The van der Waals surface area contributed by atoms with Gasteiger partial charge in [-0.2, -0.15) is 0 Å². The van der Waals surface area contributed by atoms with E-state index in [0.717, 1.165) is 51.1 Å². The quantitative estimate of drug-likeness (QED) is 0.848. The van der Waals surface area contributed by atoms with Crippen molar-refractivity contribution in [2.24, 2.45) is 5.92 Å². The first-order valence-electron chi connectivity index (χ1n) is 8.72. The van der Waals surface area contributed by atoms with Crippen molar-refractivity contribution in [2.45, 2.75) is 77.0 Å². The zero-order valence-corrected chi connectivity index (χ0v) is 13.9. The topological polar surface area (TPSA) is 41.6 Å². The Morgan fingerprint density at radius 2 is 2.00 bits per heavy atom. The summed E-state index contributed by atoms with van der Waals surface area (Å²) in [5, 5.41) is 3.20. The van der Waals surface area contributed by atoms with Crippen molar-refractivity contribution >= 4 is 5.91 Å². The van der Waals surface area contributed by atoms with Gasteiger partial charge in [0.05, 0.1) is 6.10 Å². The molecule has 2 aliphatic rings. The summed E-state index contributed by atoms with van der Waals surface area (Å²) in [6.07, 6.45) is 7.65. The van der Waals surface area contributed by atoms with Gasteiger partial charge in [0.1, 0.15) is 6.10 Å². The first-order valence-corrected chi connectivity index (χ1v) is 8.72. The van der Waals surface area contributed by atoms with Gasteiger partial charge in [0.2, 0.25) is 5.91 Å². The number of likely N-dealkylation sites (tertiary alicyclic amines) is 1. The van der Waals surface area contributed by atoms with Crippen LogP contribution in [0, 0.1) is 5.92 Å². The Morgan fingerprint density at radius 3 is 2.62 bits per heavy atom. The van der Waals surface area contributed by atoms with Crippen LogP contribution in [0.1, 0.15) is 58.8 Å². The maximum absolute atomic E-state index is 12.4. The molecule has 1 saturated heterocycles. The highest BCUT2D eigenvalue weighted by molar-refractivity contribution is 5.81. The minimum atomic E-state index is -0.264. The third kappa shape index (κ3) is 5.26. The Hall–Kier alpha value is -0.610. The van der Waals surface area contributed by atoms with Crippen LogP contribution in [0.3, 0.4) is 0 Å². The Bertz CT molecular complexity index is 327. The van der Waals surface area contributed by atoms with Gasteiger partial charge in [-0.3, -0.25) is 4.79 Å². The average Bonchev–Trinajstić information content (AvgIpc) is 2.47. The molecule has 122 valence electrons. The van der Waals surface area contributed by atoms with Gasteiger partial charge in [-0.1, -0.05) is 26.7 Å². The van der Waals surface area contributed by atoms with E-state index in [9.17, 15) is 4.79 Å². The molecule has 4 heteroatoms. The molecule has 1 amide bonds. The summed E-state index contributed by atoms with van der Waals surface area (Å²) in [4.78, 5) is 14.7. The summed E-state index contributed by atoms with van der Waals surface area (Å²) in [6, 6.07) is 0.330. The number of nitrogens with one attached hydrogen (secondary N) is 1. The molecule has 0 bridgehead atoms. The molecule has 1 heterocycles. The monoisotopic (exact) mass is 296 g/mol. The smallest absolute Gasteiger partial charge is 0.249 e. The van der Waals surface area contributed by atoms with Gasteiger partial charge in [-0.05, 0) is 58.2 Å². The minimum absolute atomic E-state index is 0.102. The van der Waals surface area contributed by atoms with E-state index < -0.39 is 0 Å². The number of carbonyl (C=O) groups excluding carboxylic acids is 1. The van der Waals surface area contributed by atoms with Crippen LogP contribution in [-0.2, 0) is 9.53 Å². The number of ether oxygens (including phenoxy) is 1. The van der Waals surface area contributed by atoms with Gasteiger partial charge < -0.3 is 15.0 Å². The molecule has 1 saturated carbocycles. The second-order valence-corrected chi connectivity index (χ2v) is 7.01. The summed E-state index contributed by atoms with van der Waals surface area (Å²) in [6.45, 7) is 6.48. The molecule has 1 aliphatic heterocycles. The summed E-state index contributed by atoms with van der Waals surface area (Å²) < 4.78 is 6.11. The lowest BCUT2D eigenvalue weighted by Crippen LogP contribution is -2.48. The first kappa shape index (κ1) is 16.8. The number of piperidine rings is 1. The fourth-order valence-corrected chi connectivity index (χ4v) is 3.52. The van der Waals surface area contributed by atoms with E-state index in [4.69, 9.17) is 4.74 Å². The van der Waals surface area contributed by atoms with Crippen molar-refractivity contribution in [3.05, 3.63) is 0 Å². The fraction of sp³-hybridized carbons (Fsp3) is 0.941. The van der Waals surface area contributed by atoms with Gasteiger partial charge in [0, 0.05) is 6.04 Å². The van der Waals surface area contributed by atoms with E-state index in [-0.39, 0.29) is 18.1 Å². The van der Waals surface area contributed by atoms with Crippen LogP contribution in [0.15, 0.2) is 0 Å². The summed E-state index contributed by atoms with van der Waals surface area (Å²) in [5.74, 6) is 0.837. The lowest BCUT2D eigenvalue weighted by atomic mass is 9.88. The molecule has 1 aliphatic carbocycles. The first-order chi connectivity index (χ1) is 10.1. The predicted molar refractivity (Wildman–Crippen MR) is 85.2 cm³/mol. The Balaban J connectivity index is 1.78. The standard InChI is InChI=1S/C17H32N2O2/c1-4-16(21-15-7-5-6-13(2)12-15)17(20)18-14-8-10-19(3)11-9-14/h13-16H,4-12H2,1-3H3,(H,18,20)/t13-,15+,16-/m0/s1. The van der Waals surface area contributed by atoms with Crippen molar-refractivity contribution in [3.8, 4) is 0 Å². The molecule has 1 N–H and O–H groups in total. The lowest BCUT2D eigenvalue weighted by Gasteiger charge is -2.32. The van der Waals surface area contributed by atoms with Crippen LogP contribution < -0.4 is 5.32 Å². The SMILES string of the molecule is CC[C@H](O[C@@H]1CCC[C@H](C)C1)C(=O)NC1CCN(C)CC1. The van der Waals surface area contributed by atoms with Crippen molar-refractivity contribution in [3.63, 3.8) is 0 Å². The van der Waals surface area contributed by atoms with Gasteiger partial charge >= 0.3 is 0 Å². The molecule has 21 heavy (non-hydrogen) atoms. The Kier molecular flexibility index (Phi) is 6.49. The van der Waals surface area contributed by atoms with E-state index in [1.54, 1.807) is 0 Å². The van der Waals surface area contributed by atoms with Crippen molar-refractivity contribution in [2.75, 3.05) is 20.1 Å². The van der Waals surface area contributed by atoms with Crippen LogP contribution in [0.4, 0.5) is 0 Å². The zero-order chi connectivity index (χ0) is 15.2. The summed E-state index contributed by atoms with van der Waals surface area (Å²) >= 11 is 0. The van der Waals surface area contributed by atoms with Crippen LogP contribution in [0.2, 0.25) is 0 Å². The molecule has 0 radical (unpaired) electrons. The van der Waals surface area contributed by atoms with Crippen LogP contribution in [0.25, 0.3) is 0 Å². The van der Waals surface area contributed by atoms with E-state index in [0.29, 0.717) is 6.04 Å². The Morgan fingerprint density at radius 1 is 1.29 bits per heavy atom. The lowest BCUT2D eigenvalue weighted by molar-refractivity contribution is -0.140. The molecule has 2 rings (SSSR count). The highest BCUT2D eigenvalue weighted by Gasteiger charge is 2.27. The van der Waals surface area contributed by atoms with Gasteiger partial charge in [-0.25, -0.2) is 0 Å². The van der Waals surface area contributed by atoms with Crippen LogP contribution in [0.5, 0.6) is 0 Å². The second kappa shape index (κ2) is 8.14. The fourth-order valence-electron chi connectivity index (χ4n) is 3.52. The number of hydrogen-bond acceptors (Lipinski definition) is 3. The van der Waals surface area contributed by atoms with Crippen molar-refractivity contribution in [1.29, 1.82) is 0 Å². The van der Waals surface area contributed by atoms with E-state index in [1.165, 1.54) is 12.8 Å². The van der Waals surface area contributed by atoms with Crippen LogP contribution >= 0.6 is 0 Å². The highest BCUT2D eigenvalue weighted by atomic mass is 16.5. The number of rotatable bonds is 5. The number of nitrogens with zero attached hydrogens (tertiary/aromatic N) is 1. The zero-order valence-electron chi connectivity index (χ0n) is 13.9. The second-order valence-electron chi connectivity index (χ2n) is 7.01. The number of carbonyl (C=O) groups is 1. The van der Waals surface area contributed by atoms with Gasteiger partial charge in [-0.15, -0.1) is 0 Å². The van der Waals surface area contributed by atoms with E-state index in [1.807, 2.05) is 6.92 Å². The van der Waals surface area contributed by atoms with Crippen LogP contribution in [-0.4, -0.2) is 49.2 Å². The van der Waals surface area contributed by atoms with E-state index >= 15 is 0 Å². The highest BCUT2D eigenvalue weighted by Crippen LogP contribution is 2.27. The molecular weight excluding hydrogens is 264 g/mol. The molecule has 0 unspecified atom stereocenters. The molecule has 0 spiro atoms. The number of hydrogen-bond donors (Lipinski definition) is 1. The Labute approximate surface area is 129 Å². The normalized spacial score (nSPS) is 30.0. The molecule has 2 fully saturated rings. The van der Waals surface area contributed by atoms with Crippen molar-refractivity contribution < 1.29 is 9.53 Å². The third-order valence-corrected chi connectivity index (χ3v) is 4.97. The molecule has 0 aromatic rings. The summed E-state index contributed by atoms with van der Waals surface area (Å²) in [7, 11) is 2.14. The maximum Gasteiger partial charge on any atom is 0.249 e. The number of amides is 1. The van der Waals surface area contributed by atoms with Crippen molar-refractivity contribution in [1.82, 2.24) is 10.2 Å². The van der Waals surface area contributed by atoms with Gasteiger partial charge in [0.15, 0.2) is 0 Å². The largest absolute Gasteiger partial charge is 0.365 e. The summed E-state index contributed by atoms with van der Waals surface area (Å²) in [5.41, 5.74) is 0.